The van der Waals surface area contributed by atoms with Gasteiger partial charge in [0, 0.05) is 6.42 Å². The molecule has 1 atom stereocenters. The molecule has 1 saturated carbocycles. The van der Waals surface area contributed by atoms with Gasteiger partial charge in [0.15, 0.2) is 0 Å². The molecule has 1 fully saturated rings. The van der Waals surface area contributed by atoms with Crippen molar-refractivity contribution in [1.82, 2.24) is 0 Å². The van der Waals surface area contributed by atoms with E-state index in [-0.39, 0.29) is 6.10 Å². The molecule has 0 spiro atoms. The molecule has 1 aromatic rings. The quantitative estimate of drug-likeness (QED) is 0.807. The first-order valence-corrected chi connectivity index (χ1v) is 8.05. The van der Waals surface area contributed by atoms with Gasteiger partial charge in [-0.3, -0.25) is 0 Å². The van der Waals surface area contributed by atoms with Crippen LogP contribution < -0.4 is 0 Å². The molecular weight excluding hydrogens is 279 g/mol. The number of aliphatic hydroxyl groups excluding tert-OH is 1. The van der Waals surface area contributed by atoms with Crippen LogP contribution in [0, 0.1) is 5.92 Å². The Morgan fingerprint density at radius 1 is 1.05 bits per heavy atom. The van der Waals surface area contributed by atoms with E-state index in [2.05, 4.69) is 0 Å². The van der Waals surface area contributed by atoms with Gasteiger partial charge in [0.05, 0.1) is 16.1 Å². The smallest absolute Gasteiger partial charge is 0.0625 e. The zero-order chi connectivity index (χ0) is 13.7. The molecule has 0 bridgehead atoms. The molecule has 1 aliphatic rings. The van der Waals surface area contributed by atoms with Crippen LogP contribution in [-0.4, -0.2) is 11.2 Å². The molecule has 2 rings (SSSR count). The number of hydrogen-bond acceptors (Lipinski definition) is 1. The van der Waals surface area contributed by atoms with Gasteiger partial charge in [-0.05, 0) is 30.4 Å². The summed E-state index contributed by atoms with van der Waals surface area (Å²) >= 11 is 12.2. The monoisotopic (exact) mass is 300 g/mol. The Hall–Kier alpha value is -0.240. The van der Waals surface area contributed by atoms with Gasteiger partial charge in [-0.25, -0.2) is 0 Å². The summed E-state index contributed by atoms with van der Waals surface area (Å²) in [4.78, 5) is 0. The Morgan fingerprint density at radius 3 is 2.37 bits per heavy atom. The van der Waals surface area contributed by atoms with Crippen LogP contribution in [0.5, 0.6) is 0 Å². The molecule has 0 aliphatic heterocycles. The second-order valence-corrected chi connectivity index (χ2v) is 6.37. The molecule has 1 nitrogen and oxygen atoms in total. The SMILES string of the molecule is OC(Cc1cccc(Cl)c1Cl)C1CCCCCCC1. The first kappa shape index (κ1) is 15.2. The van der Waals surface area contributed by atoms with Gasteiger partial charge in [-0.2, -0.15) is 0 Å². The molecule has 0 amide bonds. The van der Waals surface area contributed by atoms with E-state index in [1.165, 1.54) is 32.1 Å². The average molecular weight is 301 g/mol. The van der Waals surface area contributed by atoms with Crippen LogP contribution in [0.15, 0.2) is 18.2 Å². The maximum Gasteiger partial charge on any atom is 0.0625 e. The maximum absolute atomic E-state index is 10.5. The van der Waals surface area contributed by atoms with Crippen molar-refractivity contribution in [3.63, 3.8) is 0 Å². The van der Waals surface area contributed by atoms with Crippen molar-refractivity contribution in [3.05, 3.63) is 33.8 Å². The van der Waals surface area contributed by atoms with Gasteiger partial charge in [0.2, 0.25) is 0 Å². The van der Waals surface area contributed by atoms with Crippen molar-refractivity contribution in [1.29, 1.82) is 0 Å². The highest BCUT2D eigenvalue weighted by Crippen LogP contribution is 2.30. The summed E-state index contributed by atoms with van der Waals surface area (Å²) in [7, 11) is 0. The van der Waals surface area contributed by atoms with Gasteiger partial charge in [0.1, 0.15) is 0 Å². The Bertz CT molecular complexity index is 398. The second kappa shape index (κ2) is 7.52. The number of aliphatic hydroxyl groups is 1. The van der Waals surface area contributed by atoms with Crippen molar-refractivity contribution in [2.45, 2.75) is 57.5 Å². The zero-order valence-corrected chi connectivity index (χ0v) is 12.8. The van der Waals surface area contributed by atoms with Crippen LogP contribution >= 0.6 is 23.2 Å². The minimum atomic E-state index is -0.297. The van der Waals surface area contributed by atoms with E-state index in [1.807, 2.05) is 12.1 Å². The fourth-order valence-electron chi connectivity index (χ4n) is 2.97. The first-order valence-electron chi connectivity index (χ1n) is 7.29. The molecule has 106 valence electrons. The maximum atomic E-state index is 10.5. The van der Waals surface area contributed by atoms with Gasteiger partial charge >= 0.3 is 0 Å². The molecule has 1 N–H and O–H groups in total. The van der Waals surface area contributed by atoms with Crippen LogP contribution in [0.4, 0.5) is 0 Å². The molecule has 0 saturated heterocycles. The summed E-state index contributed by atoms with van der Waals surface area (Å²) in [5, 5.41) is 11.6. The highest BCUT2D eigenvalue weighted by Gasteiger charge is 2.21. The van der Waals surface area contributed by atoms with E-state index in [1.54, 1.807) is 6.07 Å². The second-order valence-electron chi connectivity index (χ2n) is 5.59. The van der Waals surface area contributed by atoms with Gasteiger partial charge in [0.25, 0.3) is 0 Å². The fraction of sp³-hybridized carbons (Fsp3) is 0.625. The summed E-state index contributed by atoms with van der Waals surface area (Å²) in [5.74, 6) is 0.412. The van der Waals surface area contributed by atoms with Crippen LogP contribution in [0.25, 0.3) is 0 Å². The molecule has 1 aliphatic carbocycles. The third-order valence-electron chi connectivity index (χ3n) is 4.15. The summed E-state index contributed by atoms with van der Waals surface area (Å²) in [6.07, 6.45) is 9.04. The normalized spacial score (nSPS) is 19.7. The molecule has 19 heavy (non-hydrogen) atoms. The van der Waals surface area contributed by atoms with Crippen molar-refractivity contribution in [3.8, 4) is 0 Å². The molecule has 1 unspecified atom stereocenters. The Labute approximate surface area is 125 Å². The first-order chi connectivity index (χ1) is 9.18. The van der Waals surface area contributed by atoms with Gasteiger partial charge in [-0.15, -0.1) is 0 Å². The minimum absolute atomic E-state index is 0.297. The molecule has 1 aromatic carbocycles. The van der Waals surface area contributed by atoms with Crippen molar-refractivity contribution >= 4 is 23.2 Å². The summed E-state index contributed by atoms with van der Waals surface area (Å²) in [5.41, 5.74) is 0.962. The lowest BCUT2D eigenvalue weighted by atomic mass is 9.85. The molecule has 0 aromatic heterocycles. The summed E-state index contributed by atoms with van der Waals surface area (Å²) in [6.45, 7) is 0. The van der Waals surface area contributed by atoms with Crippen LogP contribution in [0.2, 0.25) is 10.0 Å². The highest BCUT2D eigenvalue weighted by atomic mass is 35.5. The standard InChI is InChI=1S/C16H22Cl2O/c17-14-10-6-9-13(16(14)18)11-15(19)12-7-4-2-1-3-5-8-12/h6,9-10,12,15,19H,1-5,7-8,11H2. The Morgan fingerprint density at radius 2 is 1.68 bits per heavy atom. The number of hydrogen-bond donors (Lipinski definition) is 1. The lowest BCUT2D eigenvalue weighted by molar-refractivity contribution is 0.0913. The molecule has 3 heteroatoms. The molecular formula is C16H22Cl2O. The average Bonchev–Trinajstić information content (AvgIpc) is 2.34. The van der Waals surface area contributed by atoms with Gasteiger partial charge < -0.3 is 5.11 Å². The lowest BCUT2D eigenvalue weighted by Crippen LogP contribution is -2.24. The topological polar surface area (TPSA) is 20.2 Å². The Kier molecular flexibility index (Phi) is 6.00. The zero-order valence-electron chi connectivity index (χ0n) is 11.2. The third-order valence-corrected chi connectivity index (χ3v) is 5.01. The number of benzene rings is 1. The van der Waals surface area contributed by atoms with Crippen LogP contribution in [0.1, 0.15) is 50.5 Å². The summed E-state index contributed by atoms with van der Waals surface area (Å²) in [6, 6.07) is 5.64. The Balaban J connectivity index is 1.98. The number of rotatable bonds is 3. The fourth-order valence-corrected chi connectivity index (χ4v) is 3.37. The molecule has 0 heterocycles. The van der Waals surface area contributed by atoms with E-state index in [9.17, 15) is 5.11 Å². The predicted molar refractivity (Wildman–Crippen MR) is 82.0 cm³/mol. The largest absolute Gasteiger partial charge is 0.392 e. The lowest BCUT2D eigenvalue weighted by Gasteiger charge is -2.25. The summed E-state index contributed by atoms with van der Waals surface area (Å²) < 4.78 is 0. The molecule has 0 radical (unpaired) electrons. The van der Waals surface area contributed by atoms with Crippen molar-refractivity contribution in [2.24, 2.45) is 5.92 Å². The van der Waals surface area contributed by atoms with Crippen LogP contribution in [0.3, 0.4) is 0 Å². The highest BCUT2D eigenvalue weighted by molar-refractivity contribution is 6.42. The number of halogens is 2. The van der Waals surface area contributed by atoms with Crippen molar-refractivity contribution < 1.29 is 5.11 Å². The van der Waals surface area contributed by atoms with E-state index >= 15 is 0 Å². The van der Waals surface area contributed by atoms with Gasteiger partial charge in [-0.1, -0.05) is 67.4 Å². The minimum Gasteiger partial charge on any atom is -0.392 e. The predicted octanol–water partition coefficient (Wildman–Crippen LogP) is 5.26. The van der Waals surface area contributed by atoms with Crippen LogP contribution in [-0.2, 0) is 6.42 Å². The van der Waals surface area contributed by atoms with E-state index < -0.39 is 0 Å². The van der Waals surface area contributed by atoms with Crippen molar-refractivity contribution in [2.75, 3.05) is 0 Å². The van der Waals surface area contributed by atoms with E-state index in [4.69, 9.17) is 23.2 Å². The third kappa shape index (κ3) is 4.37. The van der Waals surface area contributed by atoms with E-state index in [0.29, 0.717) is 22.4 Å². The van der Waals surface area contributed by atoms with E-state index in [0.717, 1.165) is 18.4 Å².